The minimum atomic E-state index is -4.36. The Labute approximate surface area is 146 Å². The van der Waals surface area contributed by atoms with Gasteiger partial charge >= 0.3 is 6.18 Å². The molecule has 26 heavy (non-hydrogen) atoms. The molecule has 0 aliphatic carbocycles. The van der Waals surface area contributed by atoms with E-state index in [-0.39, 0.29) is 0 Å². The van der Waals surface area contributed by atoms with Crippen molar-refractivity contribution in [3.63, 3.8) is 0 Å². The number of benzene rings is 2. The lowest BCUT2D eigenvalue weighted by molar-refractivity contribution is -0.137. The number of nitrogens with zero attached hydrogens (tertiary/aromatic N) is 3. The molecule has 8 heteroatoms. The lowest BCUT2D eigenvalue weighted by Crippen LogP contribution is -2.04. The zero-order valence-electron chi connectivity index (χ0n) is 13.2. The van der Waals surface area contributed by atoms with Crippen LogP contribution in [0.2, 0.25) is 0 Å². The Bertz CT molecular complexity index is 1050. The highest BCUT2D eigenvalue weighted by molar-refractivity contribution is 5.89. The fraction of sp³-hybridized carbons (Fsp3) is 0.0556. The van der Waals surface area contributed by atoms with Crippen molar-refractivity contribution in [2.24, 2.45) is 0 Å². The van der Waals surface area contributed by atoms with Gasteiger partial charge in [-0.1, -0.05) is 18.2 Å². The topological polar surface area (TPSA) is 66.5 Å². The summed E-state index contributed by atoms with van der Waals surface area (Å²) < 4.78 is 38.1. The summed E-state index contributed by atoms with van der Waals surface area (Å²) in [7, 11) is 0. The minimum Gasteiger partial charge on any atom is -0.345 e. The van der Waals surface area contributed by atoms with Crippen LogP contribution in [0.25, 0.3) is 22.3 Å². The third-order valence-corrected chi connectivity index (χ3v) is 3.89. The molecule has 4 rings (SSSR count). The second-order valence-electron chi connectivity index (χ2n) is 5.59. The van der Waals surface area contributed by atoms with Crippen LogP contribution in [0.1, 0.15) is 5.56 Å². The van der Waals surface area contributed by atoms with E-state index in [9.17, 15) is 13.2 Å². The molecule has 4 aromatic rings. The van der Waals surface area contributed by atoms with Gasteiger partial charge in [-0.2, -0.15) is 13.2 Å². The summed E-state index contributed by atoms with van der Waals surface area (Å²) >= 11 is 0. The summed E-state index contributed by atoms with van der Waals surface area (Å²) in [6, 6.07) is 12.2. The Balaban J connectivity index is 1.64. The number of fused-ring (bicyclic) bond motifs is 1. The molecule has 0 radical (unpaired) electrons. The van der Waals surface area contributed by atoms with Crippen LogP contribution in [0.3, 0.4) is 0 Å². The number of alkyl halides is 3. The Kier molecular flexibility index (Phi) is 3.80. The molecule has 0 bridgehead atoms. The van der Waals surface area contributed by atoms with Gasteiger partial charge in [0, 0.05) is 11.6 Å². The van der Waals surface area contributed by atoms with E-state index in [1.54, 1.807) is 12.4 Å². The average molecular weight is 355 g/mol. The first kappa shape index (κ1) is 16.1. The third kappa shape index (κ3) is 3.08. The number of hydrogen-bond acceptors (Lipinski definition) is 4. The fourth-order valence-electron chi connectivity index (χ4n) is 2.62. The molecular weight excluding hydrogens is 343 g/mol. The second kappa shape index (κ2) is 6.14. The summed E-state index contributed by atoms with van der Waals surface area (Å²) in [5.41, 5.74) is 2.81. The molecule has 0 amide bonds. The monoisotopic (exact) mass is 355 g/mol. The fourth-order valence-corrected chi connectivity index (χ4v) is 2.62. The summed E-state index contributed by atoms with van der Waals surface area (Å²) in [6.07, 6.45) is -1.40. The molecule has 5 nitrogen and oxygen atoms in total. The van der Waals surface area contributed by atoms with Crippen molar-refractivity contribution >= 4 is 22.5 Å². The van der Waals surface area contributed by atoms with Crippen molar-refractivity contribution in [2.75, 3.05) is 5.32 Å². The number of aromatic nitrogens is 4. The lowest BCUT2D eigenvalue weighted by atomic mass is 10.1. The van der Waals surface area contributed by atoms with E-state index in [2.05, 4.69) is 25.3 Å². The second-order valence-corrected chi connectivity index (χ2v) is 5.59. The highest BCUT2D eigenvalue weighted by atomic mass is 19.4. The highest BCUT2D eigenvalue weighted by Crippen LogP contribution is 2.31. The molecule has 2 aromatic heterocycles. The maximum atomic E-state index is 12.7. The Morgan fingerprint density at radius 2 is 1.73 bits per heavy atom. The summed E-state index contributed by atoms with van der Waals surface area (Å²) in [4.78, 5) is 15.6. The van der Waals surface area contributed by atoms with Crippen molar-refractivity contribution < 1.29 is 13.2 Å². The van der Waals surface area contributed by atoms with Crippen LogP contribution >= 0.6 is 0 Å². The van der Waals surface area contributed by atoms with E-state index in [1.807, 2.05) is 18.2 Å². The number of aromatic amines is 1. The molecule has 0 aliphatic rings. The largest absolute Gasteiger partial charge is 0.416 e. The minimum absolute atomic E-state index is 0.519. The Morgan fingerprint density at radius 1 is 0.923 bits per heavy atom. The van der Waals surface area contributed by atoms with Gasteiger partial charge in [0.15, 0.2) is 0 Å². The number of nitrogens with one attached hydrogen (secondary N) is 2. The van der Waals surface area contributed by atoms with Gasteiger partial charge in [0.05, 0.1) is 28.8 Å². The molecule has 0 saturated heterocycles. The molecule has 0 spiro atoms. The van der Waals surface area contributed by atoms with Gasteiger partial charge in [0.1, 0.15) is 17.7 Å². The van der Waals surface area contributed by atoms with Crippen LogP contribution in [-0.2, 0) is 6.18 Å². The highest BCUT2D eigenvalue weighted by Gasteiger charge is 2.30. The molecule has 0 atom stereocenters. The molecule has 2 aromatic carbocycles. The van der Waals surface area contributed by atoms with Crippen molar-refractivity contribution in [3.05, 3.63) is 66.7 Å². The number of imidazole rings is 1. The van der Waals surface area contributed by atoms with Gasteiger partial charge in [-0.3, -0.25) is 0 Å². The predicted octanol–water partition coefficient (Wildman–Crippen LogP) is 4.78. The molecule has 2 N–H and O–H groups in total. The van der Waals surface area contributed by atoms with Gasteiger partial charge in [0.25, 0.3) is 0 Å². The van der Waals surface area contributed by atoms with Crippen LogP contribution in [0.15, 0.2) is 61.2 Å². The summed E-state index contributed by atoms with van der Waals surface area (Å²) in [5.74, 6) is 0.519. The van der Waals surface area contributed by atoms with Crippen molar-refractivity contribution in [3.8, 4) is 11.3 Å². The van der Waals surface area contributed by atoms with Crippen LogP contribution in [-0.4, -0.2) is 19.9 Å². The SMILES string of the molecule is FC(F)(F)c1ccc(-c2cc(Nc3cccc4[nH]cnc34)ncn2)cc1. The molecule has 2 heterocycles. The number of anilines is 2. The molecule has 130 valence electrons. The molecule has 0 aliphatic heterocycles. The number of para-hydroxylation sites is 1. The summed E-state index contributed by atoms with van der Waals surface area (Å²) in [6.45, 7) is 0. The lowest BCUT2D eigenvalue weighted by Gasteiger charge is -2.09. The summed E-state index contributed by atoms with van der Waals surface area (Å²) in [5, 5.41) is 3.17. The standard InChI is InChI=1S/C18H12F3N5/c19-18(20,21)12-6-4-11(5-7-12)15-8-16(24-9-23-15)26-14-3-1-2-13-17(14)25-10-22-13/h1-10H,(H,22,25)(H,23,24,26). The first-order valence-corrected chi connectivity index (χ1v) is 7.69. The first-order chi connectivity index (χ1) is 12.5. The van der Waals surface area contributed by atoms with E-state index in [0.717, 1.165) is 28.9 Å². The Morgan fingerprint density at radius 3 is 2.50 bits per heavy atom. The Hall–Kier alpha value is -3.42. The van der Waals surface area contributed by atoms with E-state index in [0.29, 0.717) is 17.1 Å². The zero-order chi connectivity index (χ0) is 18.1. The van der Waals surface area contributed by atoms with Gasteiger partial charge in [-0.05, 0) is 24.3 Å². The third-order valence-electron chi connectivity index (χ3n) is 3.89. The molecule has 0 unspecified atom stereocenters. The smallest absolute Gasteiger partial charge is 0.345 e. The number of H-pyrrole nitrogens is 1. The van der Waals surface area contributed by atoms with Crippen LogP contribution in [0.5, 0.6) is 0 Å². The average Bonchev–Trinajstić information content (AvgIpc) is 3.11. The molecular formula is C18H12F3N5. The number of halogens is 3. The first-order valence-electron chi connectivity index (χ1n) is 7.69. The molecule has 0 saturated carbocycles. The van der Waals surface area contributed by atoms with Gasteiger partial charge in [-0.25, -0.2) is 15.0 Å². The van der Waals surface area contributed by atoms with Crippen molar-refractivity contribution in [1.29, 1.82) is 0 Å². The van der Waals surface area contributed by atoms with Gasteiger partial charge in [0.2, 0.25) is 0 Å². The number of rotatable bonds is 3. The maximum absolute atomic E-state index is 12.7. The number of hydrogen-bond donors (Lipinski definition) is 2. The molecule has 0 fully saturated rings. The van der Waals surface area contributed by atoms with E-state index >= 15 is 0 Å². The van der Waals surface area contributed by atoms with E-state index in [1.165, 1.54) is 18.5 Å². The maximum Gasteiger partial charge on any atom is 0.416 e. The van der Waals surface area contributed by atoms with Gasteiger partial charge < -0.3 is 10.3 Å². The van der Waals surface area contributed by atoms with Gasteiger partial charge in [-0.15, -0.1) is 0 Å². The predicted molar refractivity (Wildman–Crippen MR) is 91.8 cm³/mol. The van der Waals surface area contributed by atoms with Crippen molar-refractivity contribution in [2.45, 2.75) is 6.18 Å². The van der Waals surface area contributed by atoms with Crippen LogP contribution in [0.4, 0.5) is 24.7 Å². The quantitative estimate of drug-likeness (QED) is 0.555. The normalized spacial score (nSPS) is 11.7. The zero-order valence-corrected chi connectivity index (χ0v) is 13.2. The van der Waals surface area contributed by atoms with Crippen LogP contribution in [0, 0.1) is 0 Å². The van der Waals surface area contributed by atoms with Crippen molar-refractivity contribution in [1.82, 2.24) is 19.9 Å². The van der Waals surface area contributed by atoms with Crippen LogP contribution < -0.4 is 5.32 Å². The van der Waals surface area contributed by atoms with E-state index < -0.39 is 11.7 Å². The van der Waals surface area contributed by atoms with E-state index in [4.69, 9.17) is 0 Å².